The van der Waals surface area contributed by atoms with Crippen LogP contribution in [0.4, 0.5) is 0 Å². The first-order chi connectivity index (χ1) is 11.9. The van der Waals surface area contributed by atoms with Crippen LogP contribution in [-0.2, 0) is 25.4 Å². The molecule has 3 rings (SSSR count). The van der Waals surface area contributed by atoms with E-state index in [1.54, 1.807) is 12.5 Å². The lowest BCUT2D eigenvalue weighted by Gasteiger charge is -2.23. The van der Waals surface area contributed by atoms with Gasteiger partial charge in [-0.25, -0.2) is 9.97 Å². The molecule has 0 saturated carbocycles. The fraction of sp³-hybridized carbons (Fsp3) is 0.389. The maximum absolute atomic E-state index is 12.8. The highest BCUT2D eigenvalue weighted by molar-refractivity contribution is 5.83. The highest BCUT2D eigenvalue weighted by atomic mass is 16.2. The van der Waals surface area contributed by atoms with Crippen LogP contribution in [0, 0.1) is 6.92 Å². The predicted molar refractivity (Wildman–Crippen MR) is 96.9 cm³/mol. The molecule has 3 aromatic rings. The van der Waals surface area contributed by atoms with Crippen LogP contribution in [0.5, 0.6) is 0 Å². The quantitative estimate of drug-likeness (QED) is 0.765. The third-order valence-electron chi connectivity index (χ3n) is 4.51. The summed E-state index contributed by atoms with van der Waals surface area (Å²) in [5.74, 6) is 0.762. The third-order valence-corrected chi connectivity index (χ3v) is 4.51. The van der Waals surface area contributed by atoms with Crippen LogP contribution in [-0.4, -0.2) is 44.0 Å². The largest absolute Gasteiger partial charge is 0.347 e. The monoisotopic (exact) mass is 340 g/mol. The van der Waals surface area contributed by atoms with Gasteiger partial charge in [0.2, 0.25) is 5.91 Å². The number of carbonyl (C=O) groups excluding carboxylic acids is 1. The molecule has 0 aliphatic heterocycles. The van der Waals surface area contributed by atoms with Crippen LogP contribution in [0.1, 0.15) is 23.1 Å². The van der Waals surface area contributed by atoms with E-state index in [2.05, 4.69) is 28.3 Å². The van der Waals surface area contributed by atoms with Crippen molar-refractivity contribution >= 4 is 16.9 Å². The summed E-state index contributed by atoms with van der Waals surface area (Å²) < 4.78 is 3.91. The van der Waals surface area contributed by atoms with E-state index < -0.39 is 6.04 Å². The van der Waals surface area contributed by atoms with Gasteiger partial charge in [0.1, 0.15) is 11.9 Å². The maximum Gasteiger partial charge on any atom is 0.243 e. The number of aryl methyl sites for hydroxylation is 3. The van der Waals surface area contributed by atoms with Crippen molar-refractivity contribution in [3.05, 3.63) is 47.8 Å². The molecule has 1 amide bonds. The van der Waals surface area contributed by atoms with Crippen LogP contribution in [0.15, 0.2) is 30.7 Å². The van der Waals surface area contributed by atoms with E-state index in [1.165, 1.54) is 5.56 Å². The van der Waals surface area contributed by atoms with Gasteiger partial charge in [0.15, 0.2) is 0 Å². The number of nitrogens with one attached hydrogen (secondary N) is 1. The molecule has 0 aliphatic rings. The number of likely N-dealkylation sites (N-methyl/N-ethyl adjacent to an activating group) is 1. The molecule has 7 nitrogen and oxygen atoms in total. The molecule has 2 aromatic heterocycles. The molecule has 1 N–H and O–H groups in total. The molecule has 1 unspecified atom stereocenters. The minimum absolute atomic E-state index is 0.0719. The Bertz CT molecular complexity index is 908. The van der Waals surface area contributed by atoms with Crippen LogP contribution in [0.2, 0.25) is 0 Å². The molecule has 0 radical (unpaired) electrons. The second-order valence-corrected chi connectivity index (χ2v) is 6.54. The number of amides is 1. The molecule has 0 spiro atoms. The minimum Gasteiger partial charge on any atom is -0.347 e. The van der Waals surface area contributed by atoms with Crippen molar-refractivity contribution in [1.82, 2.24) is 29.3 Å². The van der Waals surface area contributed by atoms with Gasteiger partial charge >= 0.3 is 0 Å². The summed E-state index contributed by atoms with van der Waals surface area (Å²) in [7, 11) is 7.64. The first-order valence-corrected chi connectivity index (χ1v) is 8.21. The number of carbonyl (C=O) groups is 1. The average Bonchev–Trinajstić information content (AvgIpc) is 3.10. The van der Waals surface area contributed by atoms with E-state index in [-0.39, 0.29) is 5.91 Å². The second kappa shape index (κ2) is 6.68. The zero-order valence-electron chi connectivity index (χ0n) is 15.3. The lowest BCUT2D eigenvalue weighted by atomic mass is 10.2. The molecule has 1 aromatic carbocycles. The molecular weight excluding hydrogens is 316 g/mol. The summed E-state index contributed by atoms with van der Waals surface area (Å²) in [6, 6.07) is 5.66. The van der Waals surface area contributed by atoms with Crippen molar-refractivity contribution in [3.8, 4) is 0 Å². The van der Waals surface area contributed by atoms with Gasteiger partial charge in [0.05, 0.1) is 35.8 Å². The van der Waals surface area contributed by atoms with Crippen LogP contribution >= 0.6 is 0 Å². The molecule has 1 atom stereocenters. The number of benzene rings is 1. The Morgan fingerprint density at radius 3 is 2.68 bits per heavy atom. The maximum atomic E-state index is 12.8. The first kappa shape index (κ1) is 17.2. The summed E-state index contributed by atoms with van der Waals surface area (Å²) in [5.41, 5.74) is 4.07. The summed E-state index contributed by atoms with van der Waals surface area (Å²) in [4.78, 5) is 23.4. The zero-order chi connectivity index (χ0) is 18.1. The van der Waals surface area contributed by atoms with E-state index in [9.17, 15) is 4.79 Å². The zero-order valence-corrected chi connectivity index (χ0v) is 15.3. The second-order valence-electron chi connectivity index (χ2n) is 6.54. The average molecular weight is 340 g/mol. The molecule has 0 saturated heterocycles. The Morgan fingerprint density at radius 2 is 2.08 bits per heavy atom. The van der Waals surface area contributed by atoms with Crippen LogP contribution < -0.4 is 5.32 Å². The number of aromatic nitrogens is 4. The molecule has 2 heterocycles. The number of para-hydroxylation sites is 1. The topological polar surface area (TPSA) is 68.0 Å². The van der Waals surface area contributed by atoms with Crippen molar-refractivity contribution in [2.45, 2.75) is 19.5 Å². The van der Waals surface area contributed by atoms with Crippen molar-refractivity contribution < 1.29 is 4.79 Å². The van der Waals surface area contributed by atoms with Gasteiger partial charge in [-0.3, -0.25) is 9.69 Å². The first-order valence-electron chi connectivity index (χ1n) is 8.21. The van der Waals surface area contributed by atoms with E-state index >= 15 is 0 Å². The van der Waals surface area contributed by atoms with Crippen molar-refractivity contribution in [2.24, 2.45) is 14.1 Å². The fourth-order valence-electron chi connectivity index (χ4n) is 3.20. The molecule has 7 heteroatoms. The molecule has 0 bridgehead atoms. The standard InChI is InChI=1S/C18H24N6O/c1-12-7-6-8-13-16(12)24(5)15(21-13)10-20-18(25)17(22(2)3)14-9-19-11-23(14)4/h6-9,11,17H,10H2,1-5H3,(H,20,25). The highest BCUT2D eigenvalue weighted by Crippen LogP contribution is 2.20. The Balaban J connectivity index is 1.81. The van der Waals surface area contributed by atoms with Gasteiger partial charge < -0.3 is 14.5 Å². The number of fused-ring (bicyclic) bond motifs is 1. The molecule has 0 fully saturated rings. The van der Waals surface area contributed by atoms with Gasteiger partial charge in [0.25, 0.3) is 0 Å². The Hall–Kier alpha value is -2.67. The van der Waals surface area contributed by atoms with Gasteiger partial charge in [-0.2, -0.15) is 0 Å². The highest BCUT2D eigenvalue weighted by Gasteiger charge is 2.25. The number of imidazole rings is 2. The lowest BCUT2D eigenvalue weighted by Crippen LogP contribution is -2.38. The van der Waals surface area contributed by atoms with Gasteiger partial charge in [0, 0.05) is 14.1 Å². The summed E-state index contributed by atoms with van der Waals surface area (Å²) >= 11 is 0. The number of nitrogens with zero attached hydrogens (tertiary/aromatic N) is 5. The molecule has 25 heavy (non-hydrogen) atoms. The van der Waals surface area contributed by atoms with Crippen LogP contribution in [0.25, 0.3) is 11.0 Å². The van der Waals surface area contributed by atoms with Gasteiger partial charge in [-0.15, -0.1) is 0 Å². The molecule has 132 valence electrons. The molecular formula is C18H24N6O. The number of hydrogen-bond donors (Lipinski definition) is 1. The summed E-state index contributed by atoms with van der Waals surface area (Å²) in [6.07, 6.45) is 3.43. The number of rotatable bonds is 5. The van der Waals surface area contributed by atoms with Crippen LogP contribution in [0.3, 0.4) is 0 Å². The Labute approximate surface area is 147 Å². The third kappa shape index (κ3) is 3.15. The summed E-state index contributed by atoms with van der Waals surface area (Å²) in [5, 5.41) is 3.01. The number of hydrogen-bond acceptors (Lipinski definition) is 4. The van der Waals surface area contributed by atoms with E-state index in [0.29, 0.717) is 6.54 Å². The van der Waals surface area contributed by atoms with Crippen molar-refractivity contribution in [2.75, 3.05) is 14.1 Å². The smallest absolute Gasteiger partial charge is 0.243 e. The SMILES string of the molecule is Cc1cccc2nc(CNC(=O)C(c3cncn3C)N(C)C)n(C)c12. The van der Waals surface area contributed by atoms with Crippen molar-refractivity contribution in [1.29, 1.82) is 0 Å². The fourth-order valence-corrected chi connectivity index (χ4v) is 3.20. The minimum atomic E-state index is -0.399. The normalized spacial score (nSPS) is 12.7. The van der Waals surface area contributed by atoms with Crippen molar-refractivity contribution in [3.63, 3.8) is 0 Å². The lowest BCUT2D eigenvalue weighted by molar-refractivity contribution is -0.126. The van der Waals surface area contributed by atoms with E-state index in [4.69, 9.17) is 0 Å². The Morgan fingerprint density at radius 1 is 1.32 bits per heavy atom. The summed E-state index contributed by atoms with van der Waals surface area (Å²) in [6.45, 7) is 2.45. The van der Waals surface area contributed by atoms with E-state index in [1.807, 2.05) is 54.4 Å². The predicted octanol–water partition coefficient (Wildman–Crippen LogP) is 1.53. The van der Waals surface area contributed by atoms with E-state index in [0.717, 1.165) is 22.6 Å². The van der Waals surface area contributed by atoms with Gasteiger partial charge in [-0.1, -0.05) is 12.1 Å². The van der Waals surface area contributed by atoms with Gasteiger partial charge in [-0.05, 0) is 32.6 Å². The Kier molecular flexibility index (Phi) is 4.59. The molecule has 0 aliphatic carbocycles.